The lowest BCUT2D eigenvalue weighted by Gasteiger charge is -2.23. The molecule has 0 saturated carbocycles. The van der Waals surface area contributed by atoms with Gasteiger partial charge in [-0.15, -0.1) is 0 Å². The van der Waals surface area contributed by atoms with E-state index >= 15 is 0 Å². The quantitative estimate of drug-likeness (QED) is 0.623. The second kappa shape index (κ2) is 8.53. The third-order valence-corrected chi connectivity index (χ3v) is 2.91. The molecule has 1 aliphatic rings. The highest BCUT2D eigenvalue weighted by atomic mass is 16.5. The van der Waals surface area contributed by atoms with Gasteiger partial charge in [0, 0.05) is 19.1 Å². The van der Waals surface area contributed by atoms with Crippen LogP contribution in [0.2, 0.25) is 0 Å². The molecule has 0 spiro atoms. The highest BCUT2D eigenvalue weighted by Gasteiger charge is 2.11. The van der Waals surface area contributed by atoms with Crippen LogP contribution in [0.15, 0.2) is 0 Å². The fourth-order valence-corrected chi connectivity index (χ4v) is 1.95. The van der Waals surface area contributed by atoms with E-state index in [4.69, 9.17) is 9.84 Å². The first-order valence-electron chi connectivity index (χ1n) is 6.32. The average molecular weight is 229 g/mol. The lowest BCUT2D eigenvalue weighted by molar-refractivity contribution is -0.137. The Bertz CT molecular complexity index is 191. The molecule has 1 aliphatic heterocycles. The molecule has 16 heavy (non-hydrogen) atoms. The van der Waals surface area contributed by atoms with Gasteiger partial charge in [0.25, 0.3) is 0 Å². The van der Waals surface area contributed by atoms with Crippen LogP contribution in [0.5, 0.6) is 0 Å². The molecule has 0 bridgehead atoms. The summed E-state index contributed by atoms with van der Waals surface area (Å²) in [6.45, 7) is 2.68. The number of aliphatic carboxylic acids is 1. The molecule has 4 heteroatoms. The Balaban J connectivity index is 1.82. The van der Waals surface area contributed by atoms with Gasteiger partial charge in [-0.3, -0.25) is 4.79 Å². The molecule has 0 aromatic heterocycles. The van der Waals surface area contributed by atoms with E-state index < -0.39 is 5.97 Å². The lowest BCUT2D eigenvalue weighted by atomic mass is 10.1. The van der Waals surface area contributed by atoms with Crippen LogP contribution < -0.4 is 5.32 Å². The molecule has 1 saturated heterocycles. The van der Waals surface area contributed by atoms with Crippen molar-refractivity contribution in [2.45, 2.75) is 51.0 Å². The number of ether oxygens (including phenoxy) is 1. The van der Waals surface area contributed by atoms with Crippen molar-refractivity contribution in [2.24, 2.45) is 0 Å². The van der Waals surface area contributed by atoms with Crippen LogP contribution in [0.25, 0.3) is 0 Å². The number of piperidine rings is 1. The van der Waals surface area contributed by atoms with Crippen molar-refractivity contribution in [1.82, 2.24) is 5.32 Å². The van der Waals surface area contributed by atoms with E-state index in [-0.39, 0.29) is 6.42 Å². The zero-order valence-corrected chi connectivity index (χ0v) is 9.91. The number of carbonyl (C=O) groups is 1. The van der Waals surface area contributed by atoms with E-state index in [2.05, 4.69) is 5.32 Å². The van der Waals surface area contributed by atoms with Gasteiger partial charge >= 0.3 is 5.97 Å². The number of hydrogen-bond acceptors (Lipinski definition) is 3. The molecule has 2 N–H and O–H groups in total. The summed E-state index contributed by atoms with van der Waals surface area (Å²) in [6.07, 6.45) is 6.78. The van der Waals surface area contributed by atoms with Gasteiger partial charge < -0.3 is 15.2 Å². The molecule has 0 radical (unpaired) electrons. The number of hydrogen-bond donors (Lipinski definition) is 2. The van der Waals surface area contributed by atoms with E-state index in [1.54, 1.807) is 0 Å². The normalized spacial score (nSPS) is 20.9. The smallest absolute Gasteiger partial charge is 0.303 e. The summed E-state index contributed by atoms with van der Waals surface area (Å²) in [5.41, 5.74) is 0. The minimum Gasteiger partial charge on any atom is -0.481 e. The highest BCUT2D eigenvalue weighted by Crippen LogP contribution is 2.07. The molecule has 1 fully saturated rings. The molecule has 1 rings (SSSR count). The number of carboxylic acid groups (broad SMARTS) is 1. The first-order chi connectivity index (χ1) is 7.79. The summed E-state index contributed by atoms with van der Waals surface area (Å²) in [5.74, 6) is -0.702. The van der Waals surface area contributed by atoms with Crippen LogP contribution in [0.4, 0.5) is 0 Å². The minimum absolute atomic E-state index is 0.282. The Morgan fingerprint density at radius 1 is 1.31 bits per heavy atom. The van der Waals surface area contributed by atoms with Crippen molar-refractivity contribution in [3.8, 4) is 0 Å². The zero-order chi connectivity index (χ0) is 11.6. The number of rotatable bonds is 8. The summed E-state index contributed by atoms with van der Waals surface area (Å²) in [4.78, 5) is 10.3. The van der Waals surface area contributed by atoms with Gasteiger partial charge in [0.15, 0.2) is 0 Å². The maximum atomic E-state index is 10.3. The third kappa shape index (κ3) is 6.80. The standard InChI is InChI=1S/C12H23NO3/c14-12(15)7-2-1-5-9-16-10-11-6-3-4-8-13-11/h11,13H,1-10H2,(H,14,15). The highest BCUT2D eigenvalue weighted by molar-refractivity contribution is 5.66. The average Bonchev–Trinajstić information content (AvgIpc) is 2.29. The maximum absolute atomic E-state index is 10.3. The SMILES string of the molecule is O=C(O)CCCCCOCC1CCCCN1. The topological polar surface area (TPSA) is 58.6 Å². The summed E-state index contributed by atoms with van der Waals surface area (Å²) >= 11 is 0. The van der Waals surface area contributed by atoms with E-state index in [0.717, 1.165) is 39.0 Å². The number of unbranched alkanes of at least 4 members (excludes halogenated alkanes) is 2. The van der Waals surface area contributed by atoms with Crippen molar-refractivity contribution >= 4 is 5.97 Å². The molecule has 1 unspecified atom stereocenters. The number of carboxylic acids is 1. The Morgan fingerprint density at radius 2 is 2.19 bits per heavy atom. The zero-order valence-electron chi connectivity index (χ0n) is 9.91. The summed E-state index contributed by atoms with van der Waals surface area (Å²) < 4.78 is 5.57. The molecule has 1 atom stereocenters. The minimum atomic E-state index is -0.702. The Labute approximate surface area is 97.4 Å². The van der Waals surface area contributed by atoms with Crippen molar-refractivity contribution in [3.63, 3.8) is 0 Å². The van der Waals surface area contributed by atoms with Crippen molar-refractivity contribution < 1.29 is 14.6 Å². The Kier molecular flexibility index (Phi) is 7.17. The maximum Gasteiger partial charge on any atom is 0.303 e. The molecule has 0 aliphatic carbocycles. The van der Waals surface area contributed by atoms with Gasteiger partial charge in [-0.1, -0.05) is 12.8 Å². The van der Waals surface area contributed by atoms with E-state index in [1.807, 2.05) is 0 Å². The third-order valence-electron chi connectivity index (χ3n) is 2.91. The van der Waals surface area contributed by atoms with Crippen LogP contribution in [-0.2, 0) is 9.53 Å². The molecule has 4 nitrogen and oxygen atoms in total. The van der Waals surface area contributed by atoms with Gasteiger partial charge in [0.05, 0.1) is 6.61 Å². The number of nitrogens with one attached hydrogen (secondary N) is 1. The van der Waals surface area contributed by atoms with Crippen molar-refractivity contribution in [3.05, 3.63) is 0 Å². The molecule has 0 amide bonds. The Hall–Kier alpha value is -0.610. The molecule has 0 aromatic rings. The largest absolute Gasteiger partial charge is 0.481 e. The van der Waals surface area contributed by atoms with Gasteiger partial charge in [-0.05, 0) is 32.2 Å². The monoisotopic (exact) mass is 229 g/mol. The molecule has 94 valence electrons. The molecule has 0 aromatic carbocycles. The van der Waals surface area contributed by atoms with Crippen LogP contribution in [0.1, 0.15) is 44.9 Å². The van der Waals surface area contributed by atoms with Crippen LogP contribution in [0, 0.1) is 0 Å². The molecular formula is C12H23NO3. The van der Waals surface area contributed by atoms with Gasteiger partial charge in [-0.2, -0.15) is 0 Å². The fraction of sp³-hybridized carbons (Fsp3) is 0.917. The van der Waals surface area contributed by atoms with Gasteiger partial charge in [0.1, 0.15) is 0 Å². The predicted molar refractivity (Wildman–Crippen MR) is 62.6 cm³/mol. The van der Waals surface area contributed by atoms with Crippen LogP contribution in [0.3, 0.4) is 0 Å². The first kappa shape index (κ1) is 13.5. The van der Waals surface area contributed by atoms with Crippen molar-refractivity contribution in [1.29, 1.82) is 0 Å². The lowest BCUT2D eigenvalue weighted by Crippen LogP contribution is -2.37. The van der Waals surface area contributed by atoms with Crippen LogP contribution >= 0.6 is 0 Å². The second-order valence-electron chi connectivity index (χ2n) is 4.43. The fourth-order valence-electron chi connectivity index (χ4n) is 1.95. The summed E-state index contributed by atoms with van der Waals surface area (Å²) in [7, 11) is 0. The van der Waals surface area contributed by atoms with E-state index in [1.165, 1.54) is 19.3 Å². The predicted octanol–water partition coefficient (Wildman–Crippen LogP) is 1.79. The first-order valence-corrected chi connectivity index (χ1v) is 6.32. The summed E-state index contributed by atoms with van der Waals surface area (Å²) in [5, 5.41) is 11.9. The van der Waals surface area contributed by atoms with Gasteiger partial charge in [0.2, 0.25) is 0 Å². The van der Waals surface area contributed by atoms with Crippen molar-refractivity contribution in [2.75, 3.05) is 19.8 Å². The Morgan fingerprint density at radius 3 is 2.88 bits per heavy atom. The molecule has 1 heterocycles. The van der Waals surface area contributed by atoms with Crippen LogP contribution in [-0.4, -0.2) is 36.9 Å². The summed E-state index contributed by atoms with van der Waals surface area (Å²) in [6, 6.07) is 0.535. The van der Waals surface area contributed by atoms with Gasteiger partial charge in [-0.25, -0.2) is 0 Å². The van der Waals surface area contributed by atoms with E-state index in [9.17, 15) is 4.79 Å². The van der Waals surface area contributed by atoms with E-state index in [0.29, 0.717) is 6.04 Å². The molecular weight excluding hydrogens is 206 g/mol. The second-order valence-corrected chi connectivity index (χ2v) is 4.43.